The van der Waals surface area contributed by atoms with E-state index in [1.54, 1.807) is 6.08 Å². The third-order valence-electron chi connectivity index (χ3n) is 18.8. The highest BCUT2D eigenvalue weighted by atomic mass is 16.7. The summed E-state index contributed by atoms with van der Waals surface area (Å²) >= 11 is 0. The first-order valence-electron chi connectivity index (χ1n) is 38.2. The number of aliphatic hydroxyl groups excluding tert-OH is 8. The standard InChI is InChI=1S/C76H143NO13/c1-3-5-7-9-11-13-15-17-19-21-23-25-26-27-28-29-30-31-32-33-34-35-36-37-38-40-42-44-46-48-50-52-54-56-58-60-68(81)77-64(65(80)59-57-55-53-51-49-47-45-43-41-39-24-22-20-18-16-14-12-10-8-6-4-2)63-87-75-73(86)71(84)74(67(62-79)89-75)90-76-72(85)70(83)69(82)66(61-78)88-76/h41,43,49,51,57,59,64-67,69-76,78-80,82-86H,3-40,42,44-48,50,52-56,58,60-63H2,1-2H3,(H,77,81)/b43-41+,51-49+,59-57+. The molecule has 0 aromatic rings. The first-order valence-corrected chi connectivity index (χ1v) is 38.2. The maximum atomic E-state index is 13.3. The zero-order chi connectivity index (χ0) is 65.2. The van der Waals surface area contributed by atoms with Gasteiger partial charge >= 0.3 is 0 Å². The Hall–Kier alpha value is -1.79. The van der Waals surface area contributed by atoms with Gasteiger partial charge in [0.15, 0.2) is 12.6 Å². The smallest absolute Gasteiger partial charge is 0.220 e. The molecule has 2 aliphatic heterocycles. The minimum atomic E-state index is -1.79. The van der Waals surface area contributed by atoms with Crippen LogP contribution < -0.4 is 5.32 Å². The number of carbonyl (C=O) groups excluding carboxylic acids is 1. The predicted octanol–water partition coefficient (Wildman–Crippen LogP) is 16.5. The average Bonchev–Trinajstić information content (AvgIpc) is 2.48. The minimum absolute atomic E-state index is 0.246. The third-order valence-corrected chi connectivity index (χ3v) is 18.8. The molecule has 0 bridgehead atoms. The van der Waals surface area contributed by atoms with Gasteiger partial charge in [-0.25, -0.2) is 0 Å². The van der Waals surface area contributed by atoms with Gasteiger partial charge in [-0.15, -0.1) is 0 Å². The van der Waals surface area contributed by atoms with Crippen molar-refractivity contribution in [1.29, 1.82) is 0 Å². The number of nitrogens with one attached hydrogen (secondary N) is 1. The van der Waals surface area contributed by atoms with Crippen molar-refractivity contribution in [2.45, 2.75) is 421 Å². The molecular formula is C76H143NO13. The van der Waals surface area contributed by atoms with Gasteiger partial charge in [-0.05, 0) is 44.9 Å². The fourth-order valence-electron chi connectivity index (χ4n) is 12.7. The maximum Gasteiger partial charge on any atom is 0.220 e. The molecule has 0 saturated carbocycles. The molecule has 0 radical (unpaired) electrons. The average molecular weight is 1280 g/mol. The van der Waals surface area contributed by atoms with Crippen LogP contribution in [0.1, 0.15) is 348 Å². The monoisotopic (exact) mass is 1280 g/mol. The topological polar surface area (TPSA) is 228 Å². The van der Waals surface area contributed by atoms with Gasteiger partial charge in [0, 0.05) is 6.42 Å². The van der Waals surface area contributed by atoms with Crippen LogP contribution >= 0.6 is 0 Å². The molecule has 0 aromatic carbocycles. The Bertz CT molecular complexity index is 1650. The van der Waals surface area contributed by atoms with E-state index in [1.807, 2.05) is 6.08 Å². The Morgan fingerprint density at radius 3 is 1.09 bits per heavy atom. The largest absolute Gasteiger partial charge is 0.394 e. The number of ether oxygens (including phenoxy) is 4. The zero-order valence-electron chi connectivity index (χ0n) is 57.9. The molecule has 0 aromatic heterocycles. The molecule has 2 saturated heterocycles. The highest BCUT2D eigenvalue weighted by molar-refractivity contribution is 5.76. The minimum Gasteiger partial charge on any atom is -0.394 e. The molecule has 90 heavy (non-hydrogen) atoms. The molecule has 12 unspecified atom stereocenters. The molecule has 9 N–H and O–H groups in total. The lowest BCUT2D eigenvalue weighted by atomic mass is 9.97. The second-order valence-corrected chi connectivity index (χ2v) is 27.1. The van der Waals surface area contributed by atoms with Crippen molar-refractivity contribution in [2.24, 2.45) is 0 Å². The van der Waals surface area contributed by atoms with Gasteiger partial charge in [-0.1, -0.05) is 333 Å². The van der Waals surface area contributed by atoms with E-state index < -0.39 is 86.8 Å². The van der Waals surface area contributed by atoms with E-state index in [9.17, 15) is 45.6 Å². The number of rotatable bonds is 64. The van der Waals surface area contributed by atoms with Crippen LogP contribution in [0.2, 0.25) is 0 Å². The predicted molar refractivity (Wildman–Crippen MR) is 369 cm³/mol. The van der Waals surface area contributed by atoms with E-state index in [2.05, 4.69) is 43.5 Å². The van der Waals surface area contributed by atoms with Crippen LogP contribution in [0.4, 0.5) is 0 Å². The summed E-state index contributed by atoms with van der Waals surface area (Å²) in [6, 6.07) is -0.937. The van der Waals surface area contributed by atoms with E-state index in [0.717, 1.165) is 44.9 Å². The summed E-state index contributed by atoms with van der Waals surface area (Å²) in [6.07, 6.45) is 62.4. The summed E-state index contributed by atoms with van der Waals surface area (Å²) in [5.41, 5.74) is 0. The van der Waals surface area contributed by atoms with Gasteiger partial charge in [0.05, 0.1) is 32.0 Å². The molecule has 1 amide bonds. The number of allylic oxidation sites excluding steroid dienone is 5. The number of aliphatic hydroxyl groups is 8. The Balaban J connectivity index is 1.62. The highest BCUT2D eigenvalue weighted by Gasteiger charge is 2.51. The van der Waals surface area contributed by atoms with Crippen molar-refractivity contribution >= 4 is 5.91 Å². The van der Waals surface area contributed by atoms with Crippen molar-refractivity contribution in [2.75, 3.05) is 19.8 Å². The first kappa shape index (κ1) is 84.3. The van der Waals surface area contributed by atoms with Crippen molar-refractivity contribution in [3.8, 4) is 0 Å². The SMILES string of the molecule is CCCCCCCCCCCCC/C=C/CC/C=C/CC/C=C/C(O)C(COC1OC(CO)C(OC2OC(CO)C(O)C(O)C2O)C(O)C1O)NC(=O)CCCCCCCCCCCCCCCCCCCCCCCCCCCCCCCCCCCCC. The summed E-state index contributed by atoms with van der Waals surface area (Å²) in [6.45, 7) is 2.83. The molecule has 530 valence electrons. The normalized spacial score (nSPS) is 23.0. The van der Waals surface area contributed by atoms with Gasteiger partial charge in [-0.3, -0.25) is 4.79 Å². The Kier molecular flexibility index (Phi) is 57.0. The summed E-state index contributed by atoms with van der Waals surface area (Å²) in [4.78, 5) is 13.3. The number of hydrogen-bond donors (Lipinski definition) is 9. The van der Waals surface area contributed by atoms with E-state index in [4.69, 9.17) is 18.9 Å². The highest BCUT2D eigenvalue weighted by Crippen LogP contribution is 2.30. The van der Waals surface area contributed by atoms with Crippen LogP contribution in [0.3, 0.4) is 0 Å². The molecule has 2 heterocycles. The summed E-state index contributed by atoms with van der Waals surface area (Å²) < 4.78 is 22.9. The van der Waals surface area contributed by atoms with E-state index in [1.165, 1.54) is 270 Å². The molecule has 14 heteroatoms. The van der Waals surface area contributed by atoms with Crippen molar-refractivity contribution in [3.63, 3.8) is 0 Å². The second-order valence-electron chi connectivity index (χ2n) is 27.1. The Labute approximate surface area is 551 Å². The number of amides is 1. The van der Waals surface area contributed by atoms with Crippen LogP contribution in [0.15, 0.2) is 36.5 Å². The summed E-state index contributed by atoms with van der Waals surface area (Å²) in [7, 11) is 0. The van der Waals surface area contributed by atoms with Crippen molar-refractivity contribution in [1.82, 2.24) is 5.32 Å². The molecule has 0 spiro atoms. The van der Waals surface area contributed by atoms with Crippen molar-refractivity contribution in [3.05, 3.63) is 36.5 Å². The lowest BCUT2D eigenvalue weighted by Gasteiger charge is -2.46. The van der Waals surface area contributed by atoms with Gasteiger partial charge < -0.3 is 65.1 Å². The lowest BCUT2D eigenvalue weighted by Crippen LogP contribution is -2.65. The summed E-state index contributed by atoms with van der Waals surface area (Å²) in [5, 5.41) is 87.5. The molecule has 2 rings (SSSR count). The number of hydrogen-bond acceptors (Lipinski definition) is 13. The molecule has 14 nitrogen and oxygen atoms in total. The molecular weight excluding hydrogens is 1130 g/mol. The van der Waals surface area contributed by atoms with E-state index in [-0.39, 0.29) is 18.9 Å². The van der Waals surface area contributed by atoms with Gasteiger partial charge in [0.25, 0.3) is 0 Å². The molecule has 0 aliphatic carbocycles. The fraction of sp³-hybridized carbons (Fsp3) is 0.908. The first-order chi connectivity index (χ1) is 44.1. The lowest BCUT2D eigenvalue weighted by molar-refractivity contribution is -0.359. The summed E-state index contributed by atoms with van der Waals surface area (Å²) in [5.74, 6) is -0.246. The quantitative estimate of drug-likeness (QED) is 0.0204. The van der Waals surface area contributed by atoms with Crippen LogP contribution in [0.5, 0.6) is 0 Å². The molecule has 2 aliphatic rings. The molecule has 2 fully saturated rings. The van der Waals surface area contributed by atoms with Crippen LogP contribution in [-0.4, -0.2) is 140 Å². The van der Waals surface area contributed by atoms with Crippen molar-refractivity contribution < 1.29 is 64.6 Å². The fourth-order valence-corrected chi connectivity index (χ4v) is 12.7. The van der Waals surface area contributed by atoms with Gasteiger partial charge in [-0.2, -0.15) is 0 Å². The second kappa shape index (κ2) is 60.8. The van der Waals surface area contributed by atoms with Gasteiger partial charge in [0.1, 0.15) is 48.8 Å². The third kappa shape index (κ3) is 44.0. The number of carbonyl (C=O) groups is 1. The van der Waals surface area contributed by atoms with E-state index >= 15 is 0 Å². The van der Waals surface area contributed by atoms with Crippen LogP contribution in [-0.2, 0) is 23.7 Å². The van der Waals surface area contributed by atoms with Crippen LogP contribution in [0.25, 0.3) is 0 Å². The zero-order valence-corrected chi connectivity index (χ0v) is 57.9. The maximum absolute atomic E-state index is 13.3. The van der Waals surface area contributed by atoms with Crippen LogP contribution in [0, 0.1) is 0 Å². The van der Waals surface area contributed by atoms with Gasteiger partial charge in [0.2, 0.25) is 5.91 Å². The number of unbranched alkanes of at least 4 members (excludes halogenated alkanes) is 47. The molecule has 12 atom stereocenters. The Morgan fingerprint density at radius 2 is 0.711 bits per heavy atom. The van der Waals surface area contributed by atoms with E-state index in [0.29, 0.717) is 12.8 Å². The Morgan fingerprint density at radius 1 is 0.389 bits per heavy atom.